The van der Waals surface area contributed by atoms with Crippen molar-refractivity contribution in [2.75, 3.05) is 0 Å². The molecular weight excluding hydrogens is 278 g/mol. The standard InChI is InChI=1S/C15H12ClNOS/c1-9(18)12-8-17-15(16)11-7-13(19-14(11)12)10-5-3-2-4-6-10/h2-9,18H,1H3. The van der Waals surface area contributed by atoms with Gasteiger partial charge in [-0.3, -0.25) is 0 Å². The van der Waals surface area contributed by atoms with Gasteiger partial charge in [-0.05, 0) is 18.6 Å². The predicted molar refractivity (Wildman–Crippen MR) is 80.7 cm³/mol. The molecule has 0 aliphatic heterocycles. The number of halogens is 1. The van der Waals surface area contributed by atoms with E-state index in [9.17, 15) is 5.11 Å². The van der Waals surface area contributed by atoms with Crippen LogP contribution in [0.4, 0.5) is 0 Å². The lowest BCUT2D eigenvalue weighted by Gasteiger charge is -2.05. The van der Waals surface area contributed by atoms with E-state index in [1.807, 2.05) is 24.3 Å². The second kappa shape index (κ2) is 4.93. The zero-order chi connectivity index (χ0) is 13.4. The van der Waals surface area contributed by atoms with Gasteiger partial charge in [0, 0.05) is 26.7 Å². The van der Waals surface area contributed by atoms with Gasteiger partial charge in [0.25, 0.3) is 0 Å². The van der Waals surface area contributed by atoms with E-state index in [0.29, 0.717) is 5.15 Å². The normalized spacial score (nSPS) is 12.8. The average Bonchev–Trinajstić information content (AvgIpc) is 2.85. The van der Waals surface area contributed by atoms with Crippen LogP contribution >= 0.6 is 22.9 Å². The quantitative estimate of drug-likeness (QED) is 0.696. The molecule has 1 N–H and O–H groups in total. The Labute approximate surface area is 120 Å². The fraction of sp³-hybridized carbons (Fsp3) is 0.133. The Morgan fingerprint density at radius 1 is 1.26 bits per heavy atom. The third kappa shape index (κ3) is 2.25. The minimum Gasteiger partial charge on any atom is -0.389 e. The number of rotatable bonds is 2. The molecule has 2 nitrogen and oxygen atoms in total. The Morgan fingerprint density at radius 3 is 2.68 bits per heavy atom. The van der Waals surface area contributed by atoms with Gasteiger partial charge in [0.2, 0.25) is 0 Å². The lowest BCUT2D eigenvalue weighted by atomic mass is 10.1. The molecule has 0 aliphatic rings. The van der Waals surface area contributed by atoms with Gasteiger partial charge in [-0.2, -0.15) is 0 Å². The largest absolute Gasteiger partial charge is 0.389 e. The molecule has 0 fully saturated rings. The summed E-state index contributed by atoms with van der Waals surface area (Å²) < 4.78 is 1.01. The molecule has 96 valence electrons. The summed E-state index contributed by atoms with van der Waals surface area (Å²) in [5.41, 5.74) is 1.97. The van der Waals surface area contributed by atoms with E-state index in [4.69, 9.17) is 11.6 Å². The molecule has 3 rings (SSSR count). The topological polar surface area (TPSA) is 33.1 Å². The van der Waals surface area contributed by atoms with Gasteiger partial charge in [0.1, 0.15) is 5.15 Å². The van der Waals surface area contributed by atoms with Crippen LogP contribution in [0.15, 0.2) is 42.6 Å². The molecular formula is C15H12ClNOS. The summed E-state index contributed by atoms with van der Waals surface area (Å²) in [6.07, 6.45) is 1.11. The molecule has 1 unspecified atom stereocenters. The van der Waals surface area contributed by atoms with Crippen LogP contribution in [0.2, 0.25) is 5.15 Å². The average molecular weight is 290 g/mol. The second-order valence-corrected chi connectivity index (χ2v) is 5.81. The SMILES string of the molecule is CC(O)c1cnc(Cl)c2cc(-c3ccccc3)sc12. The van der Waals surface area contributed by atoms with Crippen molar-refractivity contribution in [2.24, 2.45) is 0 Å². The van der Waals surface area contributed by atoms with E-state index in [1.165, 1.54) is 0 Å². The number of nitrogens with zero attached hydrogens (tertiary/aromatic N) is 1. The van der Waals surface area contributed by atoms with Crippen LogP contribution in [0, 0.1) is 0 Å². The molecule has 2 heterocycles. The van der Waals surface area contributed by atoms with Crippen molar-refractivity contribution in [3.8, 4) is 10.4 Å². The molecule has 0 radical (unpaired) electrons. The van der Waals surface area contributed by atoms with Crippen molar-refractivity contribution < 1.29 is 5.11 Å². The fourth-order valence-corrected chi connectivity index (χ4v) is 3.57. The minimum atomic E-state index is -0.547. The van der Waals surface area contributed by atoms with Gasteiger partial charge in [0.05, 0.1) is 6.10 Å². The molecule has 0 amide bonds. The molecule has 1 aromatic carbocycles. The maximum atomic E-state index is 9.82. The van der Waals surface area contributed by atoms with E-state index in [2.05, 4.69) is 17.1 Å². The predicted octanol–water partition coefficient (Wildman–Crippen LogP) is 4.67. The van der Waals surface area contributed by atoms with E-state index < -0.39 is 6.10 Å². The lowest BCUT2D eigenvalue weighted by Crippen LogP contribution is -1.92. The Hall–Kier alpha value is -1.42. The van der Waals surface area contributed by atoms with Gasteiger partial charge >= 0.3 is 0 Å². The van der Waals surface area contributed by atoms with Crippen LogP contribution in [0.5, 0.6) is 0 Å². The molecule has 2 aromatic heterocycles. The van der Waals surface area contributed by atoms with Gasteiger partial charge in [0.15, 0.2) is 0 Å². The van der Waals surface area contributed by atoms with Crippen LogP contribution in [-0.4, -0.2) is 10.1 Å². The highest BCUT2D eigenvalue weighted by atomic mass is 35.5. The monoisotopic (exact) mass is 289 g/mol. The van der Waals surface area contributed by atoms with Crippen LogP contribution in [0.25, 0.3) is 20.5 Å². The van der Waals surface area contributed by atoms with Crippen LogP contribution < -0.4 is 0 Å². The smallest absolute Gasteiger partial charge is 0.137 e. The molecule has 3 aromatic rings. The number of hydrogen-bond acceptors (Lipinski definition) is 3. The van der Waals surface area contributed by atoms with Gasteiger partial charge in [-0.15, -0.1) is 11.3 Å². The van der Waals surface area contributed by atoms with E-state index >= 15 is 0 Å². The van der Waals surface area contributed by atoms with Crippen molar-refractivity contribution in [3.63, 3.8) is 0 Å². The highest BCUT2D eigenvalue weighted by molar-refractivity contribution is 7.22. The van der Waals surface area contributed by atoms with Crippen LogP contribution in [0.3, 0.4) is 0 Å². The Morgan fingerprint density at radius 2 is 2.00 bits per heavy atom. The maximum absolute atomic E-state index is 9.82. The molecule has 19 heavy (non-hydrogen) atoms. The van der Waals surface area contributed by atoms with Crippen molar-refractivity contribution >= 4 is 33.0 Å². The lowest BCUT2D eigenvalue weighted by molar-refractivity contribution is 0.200. The number of fused-ring (bicyclic) bond motifs is 1. The molecule has 0 bridgehead atoms. The first-order chi connectivity index (χ1) is 9.16. The highest BCUT2D eigenvalue weighted by Gasteiger charge is 2.14. The highest BCUT2D eigenvalue weighted by Crippen LogP contribution is 2.39. The van der Waals surface area contributed by atoms with Gasteiger partial charge in [-0.1, -0.05) is 41.9 Å². The Balaban J connectivity index is 2.26. The van der Waals surface area contributed by atoms with Gasteiger partial charge < -0.3 is 5.11 Å². The van der Waals surface area contributed by atoms with Crippen LogP contribution in [0.1, 0.15) is 18.6 Å². The molecule has 0 saturated heterocycles. The maximum Gasteiger partial charge on any atom is 0.137 e. The van der Waals surface area contributed by atoms with Crippen LogP contribution in [-0.2, 0) is 0 Å². The summed E-state index contributed by atoms with van der Waals surface area (Å²) in [5.74, 6) is 0. The third-order valence-electron chi connectivity index (χ3n) is 3.04. The number of hydrogen-bond donors (Lipinski definition) is 1. The number of aliphatic hydroxyl groups is 1. The molecule has 0 aliphatic carbocycles. The molecule has 0 spiro atoms. The Kier molecular flexibility index (Phi) is 3.27. The van der Waals surface area contributed by atoms with Crippen molar-refractivity contribution in [2.45, 2.75) is 13.0 Å². The minimum absolute atomic E-state index is 0.484. The number of pyridine rings is 1. The summed E-state index contributed by atoms with van der Waals surface area (Å²) in [6, 6.07) is 12.2. The fourth-order valence-electron chi connectivity index (χ4n) is 2.06. The first-order valence-electron chi connectivity index (χ1n) is 5.98. The number of aliphatic hydroxyl groups excluding tert-OH is 1. The number of thiophene rings is 1. The molecule has 0 saturated carbocycles. The molecule has 4 heteroatoms. The van der Waals surface area contributed by atoms with E-state index in [0.717, 1.165) is 26.1 Å². The van der Waals surface area contributed by atoms with E-state index in [-0.39, 0.29) is 0 Å². The zero-order valence-electron chi connectivity index (χ0n) is 10.3. The molecule has 1 atom stereocenters. The second-order valence-electron chi connectivity index (χ2n) is 4.40. The summed E-state index contributed by atoms with van der Waals surface area (Å²) >= 11 is 7.78. The van der Waals surface area contributed by atoms with Crippen molar-refractivity contribution in [1.29, 1.82) is 0 Å². The number of benzene rings is 1. The first-order valence-corrected chi connectivity index (χ1v) is 7.17. The Bertz CT molecular complexity index is 722. The third-order valence-corrected chi connectivity index (χ3v) is 4.58. The van der Waals surface area contributed by atoms with Crippen molar-refractivity contribution in [1.82, 2.24) is 4.98 Å². The first kappa shape index (κ1) is 12.6. The zero-order valence-corrected chi connectivity index (χ0v) is 11.9. The van der Waals surface area contributed by atoms with Crippen molar-refractivity contribution in [3.05, 3.63) is 53.3 Å². The summed E-state index contributed by atoms with van der Waals surface area (Å²) in [7, 11) is 0. The summed E-state index contributed by atoms with van der Waals surface area (Å²) in [6.45, 7) is 1.74. The number of aromatic nitrogens is 1. The van der Waals surface area contributed by atoms with E-state index in [1.54, 1.807) is 24.5 Å². The van der Waals surface area contributed by atoms with Gasteiger partial charge in [-0.25, -0.2) is 4.98 Å². The summed E-state index contributed by atoms with van der Waals surface area (Å²) in [5, 5.41) is 11.2. The summed E-state index contributed by atoms with van der Waals surface area (Å²) in [4.78, 5) is 5.28.